The Morgan fingerprint density at radius 3 is 1.88 bits per heavy atom. The number of unbranched alkanes of at least 4 members (excludes halogenated alkanes) is 9. The van der Waals surface area contributed by atoms with Gasteiger partial charge in [-0.05, 0) is 25.2 Å². The highest BCUT2D eigenvalue weighted by Crippen LogP contribution is 2.22. The molecule has 4 nitrogen and oxygen atoms in total. The van der Waals surface area contributed by atoms with E-state index in [1.54, 1.807) is 0 Å². The first-order valence-corrected chi connectivity index (χ1v) is 9.64. The molecule has 0 spiro atoms. The largest absolute Gasteiger partial charge is 0.481 e. The van der Waals surface area contributed by atoms with E-state index in [1.807, 2.05) is 19.1 Å². The van der Waals surface area contributed by atoms with Gasteiger partial charge < -0.3 is 10.2 Å². The third-order valence-electron chi connectivity index (χ3n) is 4.56. The zero-order chi connectivity index (χ0) is 18.2. The van der Waals surface area contributed by atoms with E-state index >= 15 is 0 Å². The van der Waals surface area contributed by atoms with Crippen LogP contribution in [0.25, 0.3) is 0 Å². The summed E-state index contributed by atoms with van der Waals surface area (Å²) in [4.78, 5) is 22.0. The summed E-state index contributed by atoms with van der Waals surface area (Å²) in [5.74, 6) is -3.09. The molecular weight excluding hydrogens is 304 g/mol. The fourth-order valence-electron chi connectivity index (χ4n) is 3.01. The van der Waals surface area contributed by atoms with Crippen LogP contribution in [0.4, 0.5) is 0 Å². The van der Waals surface area contributed by atoms with Crippen LogP contribution in [0.5, 0.6) is 0 Å². The molecule has 0 aliphatic carbocycles. The summed E-state index contributed by atoms with van der Waals surface area (Å²) in [6.45, 7) is 4.14. The first kappa shape index (κ1) is 22.7. The molecule has 2 unspecified atom stereocenters. The molecular formula is C20H36O4. The SMILES string of the molecule is CCCCCCCCCCC/C=C/C(CC)C(CC(=O)O)C(=O)O. The van der Waals surface area contributed by atoms with Gasteiger partial charge in [0.1, 0.15) is 0 Å². The van der Waals surface area contributed by atoms with Crippen LogP contribution in [-0.4, -0.2) is 22.2 Å². The minimum atomic E-state index is -1.05. The van der Waals surface area contributed by atoms with Gasteiger partial charge in [-0.2, -0.15) is 0 Å². The maximum atomic E-state index is 11.2. The Morgan fingerprint density at radius 1 is 0.875 bits per heavy atom. The van der Waals surface area contributed by atoms with Crippen molar-refractivity contribution >= 4 is 11.9 Å². The van der Waals surface area contributed by atoms with Gasteiger partial charge >= 0.3 is 11.9 Å². The van der Waals surface area contributed by atoms with Crippen LogP contribution in [0.2, 0.25) is 0 Å². The Kier molecular flexibility index (Phi) is 14.4. The van der Waals surface area contributed by atoms with Gasteiger partial charge in [-0.1, -0.05) is 77.4 Å². The van der Waals surface area contributed by atoms with Gasteiger partial charge in [0, 0.05) is 0 Å². The summed E-state index contributed by atoms with van der Waals surface area (Å²) in [6.07, 6.45) is 16.8. The molecule has 0 saturated heterocycles. The monoisotopic (exact) mass is 340 g/mol. The second-order valence-electron chi connectivity index (χ2n) is 6.66. The minimum absolute atomic E-state index is 0.197. The molecule has 0 fully saturated rings. The van der Waals surface area contributed by atoms with E-state index in [2.05, 4.69) is 6.92 Å². The molecule has 0 aliphatic rings. The molecule has 0 saturated carbocycles. The fourth-order valence-corrected chi connectivity index (χ4v) is 3.01. The van der Waals surface area contributed by atoms with Gasteiger partial charge in [-0.15, -0.1) is 0 Å². The van der Waals surface area contributed by atoms with Gasteiger partial charge in [0.15, 0.2) is 0 Å². The van der Waals surface area contributed by atoms with E-state index in [0.717, 1.165) is 12.8 Å². The maximum absolute atomic E-state index is 11.2. The Bertz CT molecular complexity index is 363. The maximum Gasteiger partial charge on any atom is 0.307 e. The predicted octanol–water partition coefficient (Wildman–Crippen LogP) is 5.67. The van der Waals surface area contributed by atoms with Crippen molar-refractivity contribution in [2.45, 2.75) is 90.9 Å². The van der Waals surface area contributed by atoms with Crippen molar-refractivity contribution in [3.8, 4) is 0 Å². The van der Waals surface area contributed by atoms with Crippen LogP contribution >= 0.6 is 0 Å². The third kappa shape index (κ3) is 12.1. The zero-order valence-corrected chi connectivity index (χ0v) is 15.5. The molecule has 0 aromatic rings. The lowest BCUT2D eigenvalue weighted by Gasteiger charge is -2.17. The highest BCUT2D eigenvalue weighted by Gasteiger charge is 2.27. The van der Waals surface area contributed by atoms with Crippen LogP contribution in [-0.2, 0) is 9.59 Å². The summed E-state index contributed by atoms with van der Waals surface area (Å²) < 4.78 is 0. The van der Waals surface area contributed by atoms with Crippen molar-refractivity contribution in [1.82, 2.24) is 0 Å². The lowest BCUT2D eigenvalue weighted by Crippen LogP contribution is -2.24. The number of carbonyl (C=O) groups is 2. The fraction of sp³-hybridized carbons (Fsp3) is 0.800. The summed E-state index contributed by atoms with van der Waals surface area (Å²) in [5.41, 5.74) is 0. The molecule has 0 bridgehead atoms. The van der Waals surface area contributed by atoms with E-state index in [1.165, 1.54) is 51.4 Å². The second kappa shape index (κ2) is 15.2. The molecule has 2 N–H and O–H groups in total. The summed E-state index contributed by atoms with van der Waals surface area (Å²) >= 11 is 0. The van der Waals surface area contributed by atoms with E-state index in [4.69, 9.17) is 5.11 Å². The number of hydrogen-bond donors (Lipinski definition) is 2. The Morgan fingerprint density at radius 2 is 1.42 bits per heavy atom. The molecule has 0 aromatic carbocycles. The predicted molar refractivity (Wildman–Crippen MR) is 98.1 cm³/mol. The van der Waals surface area contributed by atoms with E-state index in [-0.39, 0.29) is 12.3 Å². The van der Waals surface area contributed by atoms with Crippen molar-refractivity contribution in [2.24, 2.45) is 11.8 Å². The van der Waals surface area contributed by atoms with Gasteiger partial charge in [-0.25, -0.2) is 0 Å². The van der Waals surface area contributed by atoms with Crippen molar-refractivity contribution in [3.63, 3.8) is 0 Å². The first-order valence-electron chi connectivity index (χ1n) is 9.64. The molecule has 0 rings (SSSR count). The van der Waals surface area contributed by atoms with Crippen LogP contribution in [0.15, 0.2) is 12.2 Å². The standard InChI is InChI=1S/C20H36O4/c1-3-5-6-7-8-9-10-11-12-13-14-15-17(4-2)18(20(23)24)16-19(21)22/h14-15,17-18H,3-13,16H2,1-2H3,(H,21,22)(H,23,24)/b15-14+. The van der Waals surface area contributed by atoms with E-state index in [9.17, 15) is 14.7 Å². The second-order valence-corrected chi connectivity index (χ2v) is 6.66. The summed E-state index contributed by atoms with van der Waals surface area (Å²) in [6, 6.07) is 0. The topological polar surface area (TPSA) is 74.6 Å². The zero-order valence-electron chi connectivity index (χ0n) is 15.5. The van der Waals surface area contributed by atoms with Crippen molar-refractivity contribution in [1.29, 1.82) is 0 Å². The Hall–Kier alpha value is -1.32. The number of allylic oxidation sites excluding steroid dienone is 2. The van der Waals surface area contributed by atoms with Gasteiger partial charge in [0.25, 0.3) is 0 Å². The molecule has 0 heterocycles. The lowest BCUT2D eigenvalue weighted by atomic mass is 9.87. The van der Waals surface area contributed by atoms with Crippen LogP contribution in [0.1, 0.15) is 90.9 Å². The van der Waals surface area contributed by atoms with E-state index in [0.29, 0.717) is 6.42 Å². The average molecular weight is 341 g/mol. The van der Waals surface area contributed by atoms with Crippen LogP contribution in [0, 0.1) is 11.8 Å². The summed E-state index contributed by atoms with van der Waals surface area (Å²) in [5, 5.41) is 18.1. The number of rotatable bonds is 16. The normalized spacial score (nSPS) is 13.9. The third-order valence-corrected chi connectivity index (χ3v) is 4.56. The molecule has 0 aliphatic heterocycles. The van der Waals surface area contributed by atoms with E-state index < -0.39 is 17.9 Å². The van der Waals surface area contributed by atoms with Crippen LogP contribution in [0.3, 0.4) is 0 Å². The molecule has 0 radical (unpaired) electrons. The highest BCUT2D eigenvalue weighted by atomic mass is 16.4. The highest BCUT2D eigenvalue weighted by molar-refractivity contribution is 5.78. The van der Waals surface area contributed by atoms with Crippen molar-refractivity contribution in [2.75, 3.05) is 0 Å². The molecule has 0 amide bonds. The van der Waals surface area contributed by atoms with Gasteiger partial charge in [-0.3, -0.25) is 9.59 Å². The van der Waals surface area contributed by atoms with Gasteiger partial charge in [0.2, 0.25) is 0 Å². The number of aliphatic carboxylic acids is 2. The van der Waals surface area contributed by atoms with Gasteiger partial charge in [0.05, 0.1) is 12.3 Å². The lowest BCUT2D eigenvalue weighted by molar-refractivity contribution is -0.149. The first-order chi connectivity index (χ1) is 11.5. The van der Waals surface area contributed by atoms with Crippen molar-refractivity contribution < 1.29 is 19.8 Å². The number of carboxylic acids is 2. The average Bonchev–Trinajstić information content (AvgIpc) is 2.54. The minimum Gasteiger partial charge on any atom is -0.481 e. The molecule has 2 atom stereocenters. The van der Waals surface area contributed by atoms with Crippen LogP contribution < -0.4 is 0 Å². The number of hydrogen-bond acceptors (Lipinski definition) is 2. The summed E-state index contributed by atoms with van der Waals surface area (Å²) in [7, 11) is 0. The smallest absolute Gasteiger partial charge is 0.307 e. The molecule has 4 heteroatoms. The molecule has 24 heavy (non-hydrogen) atoms. The molecule has 140 valence electrons. The number of carboxylic acid groups (broad SMARTS) is 2. The quantitative estimate of drug-likeness (QED) is 0.280. The van der Waals surface area contributed by atoms with Crippen molar-refractivity contribution in [3.05, 3.63) is 12.2 Å². The molecule has 0 aromatic heterocycles. The Labute approximate surface area is 147 Å². The Balaban J connectivity index is 3.89.